The Hall–Kier alpha value is -1.50. The second kappa shape index (κ2) is 9.75. The monoisotopic (exact) mass is 451 g/mol. The van der Waals surface area contributed by atoms with Gasteiger partial charge in [-0.15, -0.1) is 0 Å². The van der Waals surface area contributed by atoms with Crippen LogP contribution >= 0.6 is 0 Å². The van der Waals surface area contributed by atoms with E-state index in [1.165, 1.54) is 4.31 Å². The summed E-state index contributed by atoms with van der Waals surface area (Å²) in [5, 5.41) is 2.99. The van der Waals surface area contributed by atoms with Crippen LogP contribution in [0.25, 0.3) is 0 Å². The number of halogens is 3. The van der Waals surface area contributed by atoms with Gasteiger partial charge in [0.2, 0.25) is 16.0 Å². The van der Waals surface area contributed by atoms with Gasteiger partial charge in [0.15, 0.2) is 0 Å². The van der Waals surface area contributed by atoms with Crippen LogP contribution in [-0.2, 0) is 20.9 Å². The molecule has 3 heterocycles. The van der Waals surface area contributed by atoms with E-state index < -0.39 is 21.8 Å². The van der Waals surface area contributed by atoms with Crippen LogP contribution in [0.3, 0.4) is 0 Å². The summed E-state index contributed by atoms with van der Waals surface area (Å²) in [6.07, 6.45) is -1.33. The van der Waals surface area contributed by atoms with Crippen molar-refractivity contribution in [2.24, 2.45) is 0 Å². The molecule has 2 aliphatic rings. The van der Waals surface area contributed by atoms with Crippen molar-refractivity contribution in [1.29, 1.82) is 0 Å². The zero-order valence-corrected chi connectivity index (χ0v) is 17.8. The summed E-state index contributed by atoms with van der Waals surface area (Å²) >= 11 is 0. The highest BCUT2D eigenvalue weighted by Crippen LogP contribution is 2.28. The highest BCUT2D eigenvalue weighted by Gasteiger charge is 2.32. The molecule has 1 atom stereocenters. The molecular weight excluding hydrogens is 423 g/mol. The lowest BCUT2D eigenvalue weighted by Crippen LogP contribution is -2.45. The van der Waals surface area contributed by atoms with E-state index in [4.69, 9.17) is 4.74 Å². The quantitative estimate of drug-likeness (QED) is 0.677. The molecule has 2 aliphatic heterocycles. The Morgan fingerprint density at radius 1 is 1.20 bits per heavy atom. The van der Waals surface area contributed by atoms with Gasteiger partial charge in [0, 0.05) is 44.1 Å². The number of aromatic nitrogens is 2. The number of morpholine rings is 1. The van der Waals surface area contributed by atoms with Crippen molar-refractivity contribution in [2.45, 2.75) is 44.4 Å². The van der Waals surface area contributed by atoms with Gasteiger partial charge < -0.3 is 10.1 Å². The van der Waals surface area contributed by atoms with Gasteiger partial charge in [-0.25, -0.2) is 22.7 Å². The van der Waals surface area contributed by atoms with Gasteiger partial charge in [0.05, 0.1) is 24.5 Å². The Bertz CT molecular complexity index is 783. The summed E-state index contributed by atoms with van der Waals surface area (Å²) < 4.78 is 69.9. The molecule has 170 valence electrons. The van der Waals surface area contributed by atoms with Gasteiger partial charge in [-0.3, -0.25) is 4.90 Å². The summed E-state index contributed by atoms with van der Waals surface area (Å²) in [6.45, 7) is 5.72. The van der Waals surface area contributed by atoms with Gasteiger partial charge in [0.1, 0.15) is 0 Å². The van der Waals surface area contributed by atoms with E-state index in [2.05, 4.69) is 27.1 Å². The standard InChI is InChI=1S/C18H28F3N5O3S/c1-14-13-29-9-8-25(14)5-2-10-30(27,28)26-6-3-16(4-7-26)24-17-22-11-15(12-23-17)18(19,20)21/h11-12,14,16H,2-10,13H2,1H3,(H,22,23,24). The molecule has 0 spiro atoms. The Morgan fingerprint density at radius 2 is 1.87 bits per heavy atom. The van der Waals surface area contributed by atoms with Gasteiger partial charge in [-0.1, -0.05) is 0 Å². The Morgan fingerprint density at radius 3 is 2.47 bits per heavy atom. The SMILES string of the molecule is CC1COCCN1CCCS(=O)(=O)N1CCC(Nc2ncc(C(F)(F)F)cn2)CC1. The lowest BCUT2D eigenvalue weighted by atomic mass is 10.1. The molecule has 1 aromatic rings. The summed E-state index contributed by atoms with van der Waals surface area (Å²) in [5.74, 6) is 0.223. The minimum atomic E-state index is -4.47. The van der Waals surface area contributed by atoms with Crippen LogP contribution in [0.5, 0.6) is 0 Å². The second-order valence-electron chi connectivity index (χ2n) is 7.74. The second-order valence-corrected chi connectivity index (χ2v) is 9.83. The topological polar surface area (TPSA) is 87.7 Å². The number of hydrogen-bond donors (Lipinski definition) is 1. The zero-order valence-electron chi connectivity index (χ0n) is 16.9. The molecular formula is C18H28F3N5O3S. The summed E-state index contributed by atoms with van der Waals surface area (Å²) in [7, 11) is -3.33. The summed E-state index contributed by atoms with van der Waals surface area (Å²) in [5.41, 5.74) is -0.902. The highest BCUT2D eigenvalue weighted by atomic mass is 32.2. The maximum absolute atomic E-state index is 12.6. The van der Waals surface area contributed by atoms with Gasteiger partial charge in [-0.05, 0) is 32.7 Å². The van der Waals surface area contributed by atoms with Crippen molar-refractivity contribution < 1.29 is 26.3 Å². The number of piperidine rings is 1. The molecule has 1 unspecified atom stereocenters. The molecule has 0 radical (unpaired) electrons. The molecule has 12 heteroatoms. The first-order valence-corrected chi connectivity index (χ1v) is 11.7. The molecule has 1 aromatic heterocycles. The predicted molar refractivity (Wildman–Crippen MR) is 106 cm³/mol. The number of hydrogen-bond acceptors (Lipinski definition) is 7. The van der Waals surface area contributed by atoms with Crippen LogP contribution in [0, 0.1) is 0 Å². The minimum absolute atomic E-state index is 0.0811. The normalized spacial score (nSPS) is 22.9. The Balaban J connectivity index is 1.42. The molecule has 30 heavy (non-hydrogen) atoms. The number of alkyl halides is 3. The largest absolute Gasteiger partial charge is 0.419 e. The molecule has 1 N–H and O–H groups in total. The number of sulfonamides is 1. The fourth-order valence-electron chi connectivity index (χ4n) is 3.68. The first-order valence-electron chi connectivity index (χ1n) is 10.1. The van der Waals surface area contributed by atoms with Crippen molar-refractivity contribution in [3.05, 3.63) is 18.0 Å². The molecule has 3 rings (SSSR count). The molecule has 2 fully saturated rings. The van der Waals surface area contributed by atoms with Crippen LogP contribution in [0.4, 0.5) is 19.1 Å². The minimum Gasteiger partial charge on any atom is -0.379 e. The highest BCUT2D eigenvalue weighted by molar-refractivity contribution is 7.89. The van der Waals surface area contributed by atoms with E-state index in [1.54, 1.807) is 0 Å². The van der Waals surface area contributed by atoms with Crippen LogP contribution in [0.2, 0.25) is 0 Å². The number of anilines is 1. The van der Waals surface area contributed by atoms with Gasteiger partial charge in [-0.2, -0.15) is 13.2 Å². The van der Waals surface area contributed by atoms with Crippen molar-refractivity contribution >= 4 is 16.0 Å². The third kappa shape index (κ3) is 6.25. The van der Waals surface area contributed by atoms with Crippen LogP contribution in [0.1, 0.15) is 31.7 Å². The Labute approximate surface area is 174 Å². The molecule has 0 aliphatic carbocycles. The first-order chi connectivity index (χ1) is 14.1. The third-order valence-corrected chi connectivity index (χ3v) is 7.47. The van der Waals surface area contributed by atoms with Crippen LogP contribution < -0.4 is 5.32 Å². The van der Waals surface area contributed by atoms with Crippen LogP contribution in [-0.4, -0.2) is 84.8 Å². The van der Waals surface area contributed by atoms with Crippen molar-refractivity contribution in [2.75, 3.05) is 50.5 Å². The lowest BCUT2D eigenvalue weighted by Gasteiger charge is -2.34. The van der Waals surface area contributed by atoms with Crippen molar-refractivity contribution in [1.82, 2.24) is 19.2 Å². The molecule has 0 aromatic carbocycles. The van der Waals surface area contributed by atoms with Crippen LogP contribution in [0.15, 0.2) is 12.4 Å². The average molecular weight is 452 g/mol. The van der Waals surface area contributed by atoms with E-state index >= 15 is 0 Å². The molecule has 0 amide bonds. The van der Waals surface area contributed by atoms with E-state index in [-0.39, 0.29) is 17.7 Å². The molecule has 2 saturated heterocycles. The zero-order chi connectivity index (χ0) is 21.8. The van der Waals surface area contributed by atoms with Crippen molar-refractivity contribution in [3.8, 4) is 0 Å². The number of ether oxygens (including phenoxy) is 1. The smallest absolute Gasteiger partial charge is 0.379 e. The van der Waals surface area contributed by atoms with E-state index in [0.717, 1.165) is 25.5 Å². The third-order valence-electron chi connectivity index (χ3n) is 5.51. The van der Waals surface area contributed by atoms with E-state index in [1.807, 2.05) is 0 Å². The molecule has 0 bridgehead atoms. The van der Waals surface area contributed by atoms with Gasteiger partial charge >= 0.3 is 6.18 Å². The first kappa shape index (κ1) is 23.2. The maximum Gasteiger partial charge on any atom is 0.419 e. The summed E-state index contributed by atoms with van der Waals surface area (Å²) in [4.78, 5) is 9.67. The predicted octanol–water partition coefficient (Wildman–Crippen LogP) is 1.81. The van der Waals surface area contributed by atoms with Crippen molar-refractivity contribution in [3.63, 3.8) is 0 Å². The van der Waals surface area contributed by atoms with E-state index in [0.29, 0.717) is 51.6 Å². The van der Waals surface area contributed by atoms with E-state index in [9.17, 15) is 21.6 Å². The fourth-order valence-corrected chi connectivity index (χ4v) is 5.20. The maximum atomic E-state index is 12.6. The lowest BCUT2D eigenvalue weighted by molar-refractivity contribution is -0.138. The number of nitrogens with one attached hydrogen (secondary N) is 1. The molecule has 0 saturated carbocycles. The number of rotatable bonds is 7. The average Bonchev–Trinajstić information content (AvgIpc) is 2.69. The number of nitrogens with zero attached hydrogens (tertiary/aromatic N) is 4. The van der Waals surface area contributed by atoms with Gasteiger partial charge in [0.25, 0.3) is 0 Å². The molecule has 8 nitrogen and oxygen atoms in total. The summed E-state index contributed by atoms with van der Waals surface area (Å²) in [6, 6.07) is 0.220. The fraction of sp³-hybridized carbons (Fsp3) is 0.778. The Kier molecular flexibility index (Phi) is 7.53.